The topological polar surface area (TPSA) is 88.5 Å². The lowest BCUT2D eigenvalue weighted by atomic mass is 9.84. The van der Waals surface area contributed by atoms with Crippen LogP contribution in [-0.2, 0) is 16.1 Å². The molecule has 0 aliphatic carbocycles. The van der Waals surface area contributed by atoms with Crippen LogP contribution in [-0.4, -0.2) is 35.2 Å². The standard InChI is InChI=1S/C12H16N2O4S/c1-12(3-2-4-18-7-12)11(17)13-5-9-14-8(6-19-9)10(15)16/h6H,2-5,7H2,1H3,(H,13,17)(H,15,16)/t12-/m0/s1. The molecule has 19 heavy (non-hydrogen) atoms. The van der Waals surface area contributed by atoms with E-state index in [1.165, 1.54) is 16.7 Å². The summed E-state index contributed by atoms with van der Waals surface area (Å²) in [5, 5.41) is 13.6. The van der Waals surface area contributed by atoms with E-state index in [4.69, 9.17) is 9.84 Å². The van der Waals surface area contributed by atoms with Crippen LogP contribution in [0.25, 0.3) is 0 Å². The highest BCUT2D eigenvalue weighted by molar-refractivity contribution is 7.09. The SMILES string of the molecule is C[C@]1(C(=O)NCc2nc(C(=O)O)cs2)CCCOC1. The molecule has 7 heteroatoms. The Bertz CT molecular complexity index is 480. The lowest BCUT2D eigenvalue weighted by molar-refractivity contribution is -0.137. The van der Waals surface area contributed by atoms with Crippen molar-refractivity contribution in [2.45, 2.75) is 26.3 Å². The first-order valence-electron chi connectivity index (χ1n) is 6.05. The first-order valence-corrected chi connectivity index (χ1v) is 6.93. The predicted octanol–water partition coefficient (Wildman–Crippen LogP) is 1.27. The van der Waals surface area contributed by atoms with E-state index >= 15 is 0 Å². The molecular weight excluding hydrogens is 268 g/mol. The zero-order valence-corrected chi connectivity index (χ0v) is 11.5. The fourth-order valence-electron chi connectivity index (χ4n) is 1.97. The molecule has 104 valence electrons. The Morgan fingerprint density at radius 2 is 2.42 bits per heavy atom. The summed E-state index contributed by atoms with van der Waals surface area (Å²) in [6.45, 7) is 3.27. The number of carboxylic acids is 1. The van der Waals surface area contributed by atoms with Gasteiger partial charge in [0.1, 0.15) is 5.01 Å². The van der Waals surface area contributed by atoms with Gasteiger partial charge in [-0.25, -0.2) is 9.78 Å². The molecule has 6 nitrogen and oxygen atoms in total. The summed E-state index contributed by atoms with van der Waals surface area (Å²) in [5.74, 6) is -1.12. The van der Waals surface area contributed by atoms with Crippen LogP contribution in [0.3, 0.4) is 0 Å². The monoisotopic (exact) mass is 284 g/mol. The minimum atomic E-state index is -1.05. The van der Waals surface area contributed by atoms with Gasteiger partial charge in [-0.15, -0.1) is 11.3 Å². The molecule has 0 radical (unpaired) electrons. The van der Waals surface area contributed by atoms with Crippen molar-refractivity contribution < 1.29 is 19.4 Å². The van der Waals surface area contributed by atoms with Crippen molar-refractivity contribution in [2.75, 3.05) is 13.2 Å². The Balaban J connectivity index is 1.90. The number of ether oxygens (including phenoxy) is 1. The molecule has 2 rings (SSSR count). The number of aromatic nitrogens is 1. The lowest BCUT2D eigenvalue weighted by Crippen LogP contribution is -2.44. The number of rotatable bonds is 4. The van der Waals surface area contributed by atoms with Gasteiger partial charge < -0.3 is 15.2 Å². The Labute approximate surface area is 114 Å². The smallest absolute Gasteiger partial charge is 0.355 e. The Morgan fingerprint density at radius 1 is 1.63 bits per heavy atom. The Kier molecular flexibility index (Phi) is 4.16. The fourth-order valence-corrected chi connectivity index (χ4v) is 2.68. The number of nitrogens with one attached hydrogen (secondary N) is 1. The molecule has 0 spiro atoms. The summed E-state index contributed by atoms with van der Waals surface area (Å²) < 4.78 is 5.34. The van der Waals surface area contributed by atoms with E-state index in [1.54, 1.807) is 0 Å². The molecule has 1 aliphatic heterocycles. The quantitative estimate of drug-likeness (QED) is 0.869. The van der Waals surface area contributed by atoms with Crippen LogP contribution < -0.4 is 5.32 Å². The average molecular weight is 284 g/mol. The largest absolute Gasteiger partial charge is 0.476 e. The number of hydrogen-bond donors (Lipinski definition) is 2. The molecule has 1 aliphatic rings. The number of carboxylic acid groups (broad SMARTS) is 1. The van der Waals surface area contributed by atoms with E-state index in [2.05, 4.69) is 10.3 Å². The average Bonchev–Trinajstić information content (AvgIpc) is 2.85. The molecule has 1 atom stereocenters. The van der Waals surface area contributed by atoms with E-state index in [1.807, 2.05) is 6.92 Å². The summed E-state index contributed by atoms with van der Waals surface area (Å²) in [6, 6.07) is 0. The Hall–Kier alpha value is -1.47. The summed E-state index contributed by atoms with van der Waals surface area (Å²) >= 11 is 1.23. The van der Waals surface area contributed by atoms with Crippen LogP contribution in [0.4, 0.5) is 0 Å². The number of aromatic carboxylic acids is 1. The maximum Gasteiger partial charge on any atom is 0.355 e. The highest BCUT2D eigenvalue weighted by atomic mass is 32.1. The van der Waals surface area contributed by atoms with Crippen molar-refractivity contribution in [1.82, 2.24) is 10.3 Å². The molecule has 0 aromatic carbocycles. The van der Waals surface area contributed by atoms with Gasteiger partial charge in [-0.2, -0.15) is 0 Å². The van der Waals surface area contributed by atoms with Gasteiger partial charge in [0.2, 0.25) is 5.91 Å². The van der Waals surface area contributed by atoms with Crippen LogP contribution >= 0.6 is 11.3 Å². The highest BCUT2D eigenvalue weighted by Crippen LogP contribution is 2.28. The van der Waals surface area contributed by atoms with E-state index in [0.29, 0.717) is 18.2 Å². The molecule has 2 N–H and O–H groups in total. The van der Waals surface area contributed by atoms with E-state index in [-0.39, 0.29) is 18.1 Å². The zero-order valence-electron chi connectivity index (χ0n) is 10.6. The third-order valence-corrected chi connectivity index (χ3v) is 4.01. The fraction of sp³-hybridized carbons (Fsp3) is 0.583. The van der Waals surface area contributed by atoms with Crippen molar-refractivity contribution >= 4 is 23.2 Å². The highest BCUT2D eigenvalue weighted by Gasteiger charge is 2.35. The summed E-state index contributed by atoms with van der Waals surface area (Å²) in [5.41, 5.74) is -0.480. The van der Waals surface area contributed by atoms with Gasteiger partial charge in [-0.1, -0.05) is 0 Å². The van der Waals surface area contributed by atoms with Crippen molar-refractivity contribution in [3.63, 3.8) is 0 Å². The number of carbonyl (C=O) groups excluding carboxylic acids is 1. The van der Waals surface area contributed by atoms with Gasteiger partial charge in [-0.3, -0.25) is 4.79 Å². The maximum atomic E-state index is 12.1. The number of carbonyl (C=O) groups is 2. The molecular formula is C12H16N2O4S. The number of hydrogen-bond acceptors (Lipinski definition) is 5. The van der Waals surface area contributed by atoms with Crippen molar-refractivity contribution in [1.29, 1.82) is 0 Å². The van der Waals surface area contributed by atoms with Crippen molar-refractivity contribution in [3.05, 3.63) is 16.1 Å². The second kappa shape index (κ2) is 5.66. The minimum Gasteiger partial charge on any atom is -0.476 e. The van der Waals surface area contributed by atoms with Crippen molar-refractivity contribution in [3.8, 4) is 0 Å². The summed E-state index contributed by atoms with van der Waals surface area (Å²) in [6.07, 6.45) is 1.68. The molecule has 1 fully saturated rings. The normalized spacial score (nSPS) is 23.0. The maximum absolute atomic E-state index is 12.1. The first kappa shape index (κ1) is 14.0. The van der Waals surface area contributed by atoms with E-state index in [0.717, 1.165) is 12.8 Å². The third-order valence-electron chi connectivity index (χ3n) is 3.16. The zero-order chi connectivity index (χ0) is 13.9. The van der Waals surface area contributed by atoms with Gasteiger partial charge in [-0.05, 0) is 19.8 Å². The van der Waals surface area contributed by atoms with E-state index in [9.17, 15) is 9.59 Å². The van der Waals surface area contributed by atoms with Gasteiger partial charge in [0.25, 0.3) is 0 Å². The molecule has 0 bridgehead atoms. The lowest BCUT2D eigenvalue weighted by Gasteiger charge is -2.31. The summed E-state index contributed by atoms with van der Waals surface area (Å²) in [7, 11) is 0. The third kappa shape index (κ3) is 3.30. The van der Waals surface area contributed by atoms with Crippen LogP contribution in [0.1, 0.15) is 35.3 Å². The number of nitrogens with zero attached hydrogens (tertiary/aromatic N) is 1. The predicted molar refractivity (Wildman–Crippen MR) is 69.1 cm³/mol. The van der Waals surface area contributed by atoms with Gasteiger partial charge in [0, 0.05) is 12.0 Å². The first-order chi connectivity index (χ1) is 9.01. The molecule has 1 aromatic rings. The molecule has 1 aromatic heterocycles. The van der Waals surface area contributed by atoms with Crippen LogP contribution in [0.15, 0.2) is 5.38 Å². The number of amides is 1. The van der Waals surface area contributed by atoms with Crippen molar-refractivity contribution in [2.24, 2.45) is 5.41 Å². The summed E-state index contributed by atoms with van der Waals surface area (Å²) in [4.78, 5) is 26.7. The molecule has 0 saturated carbocycles. The number of thiazole rings is 1. The second-order valence-electron chi connectivity index (χ2n) is 4.83. The molecule has 1 amide bonds. The van der Waals surface area contributed by atoms with Gasteiger partial charge in [0.15, 0.2) is 5.69 Å². The molecule has 2 heterocycles. The minimum absolute atomic E-state index is 0.0152. The Morgan fingerprint density at radius 3 is 3.00 bits per heavy atom. The van der Waals surface area contributed by atoms with Gasteiger partial charge >= 0.3 is 5.97 Å². The second-order valence-corrected chi connectivity index (χ2v) is 5.77. The van der Waals surface area contributed by atoms with Crippen LogP contribution in [0.2, 0.25) is 0 Å². The van der Waals surface area contributed by atoms with Crippen LogP contribution in [0.5, 0.6) is 0 Å². The molecule has 0 unspecified atom stereocenters. The van der Waals surface area contributed by atoms with Gasteiger partial charge in [0.05, 0.1) is 18.6 Å². The molecule has 1 saturated heterocycles. The van der Waals surface area contributed by atoms with E-state index < -0.39 is 11.4 Å². The van der Waals surface area contributed by atoms with Crippen LogP contribution in [0, 0.1) is 5.41 Å².